The number of amides is 1. The van der Waals surface area contributed by atoms with Crippen LogP contribution in [0.25, 0.3) is 0 Å². The number of rotatable bonds is 2. The summed E-state index contributed by atoms with van der Waals surface area (Å²) in [6.07, 6.45) is 1.45. The van der Waals surface area contributed by atoms with E-state index in [1.54, 1.807) is 36.4 Å². The highest BCUT2D eigenvalue weighted by atomic mass is 35.5. The number of hydrogen-bond acceptors (Lipinski definition) is 3. The van der Waals surface area contributed by atoms with Crippen LogP contribution in [0.5, 0.6) is 0 Å². The van der Waals surface area contributed by atoms with Gasteiger partial charge in [-0.25, -0.2) is 4.98 Å². The standard InChI is InChI=1S/C13H8ClN3O/c14-11-5-6-12(16-8-11)17-13(18)10-3-1-9(7-15)2-4-10/h1-6,8H,(H,16,17,18). The molecule has 0 spiro atoms. The molecule has 2 rings (SSSR count). The number of nitriles is 1. The molecule has 5 heteroatoms. The maximum atomic E-state index is 11.8. The first-order valence-corrected chi connectivity index (χ1v) is 5.50. The molecule has 0 atom stereocenters. The van der Waals surface area contributed by atoms with Crippen molar-refractivity contribution in [2.24, 2.45) is 0 Å². The van der Waals surface area contributed by atoms with Gasteiger partial charge in [-0.05, 0) is 36.4 Å². The predicted molar refractivity (Wildman–Crippen MR) is 68.4 cm³/mol. The van der Waals surface area contributed by atoms with Crippen molar-refractivity contribution < 1.29 is 4.79 Å². The molecule has 0 unspecified atom stereocenters. The van der Waals surface area contributed by atoms with Gasteiger partial charge < -0.3 is 5.32 Å². The third-order valence-electron chi connectivity index (χ3n) is 2.25. The molecule has 1 N–H and O–H groups in total. The highest BCUT2D eigenvalue weighted by Gasteiger charge is 2.06. The normalized spacial score (nSPS) is 9.56. The van der Waals surface area contributed by atoms with Gasteiger partial charge in [-0.15, -0.1) is 0 Å². The van der Waals surface area contributed by atoms with Crippen LogP contribution in [0.3, 0.4) is 0 Å². The summed E-state index contributed by atoms with van der Waals surface area (Å²) in [5.41, 5.74) is 0.974. The minimum Gasteiger partial charge on any atom is -0.307 e. The summed E-state index contributed by atoms with van der Waals surface area (Å²) in [5.74, 6) is 0.142. The summed E-state index contributed by atoms with van der Waals surface area (Å²) in [6.45, 7) is 0. The number of carbonyl (C=O) groups is 1. The molecule has 0 saturated heterocycles. The van der Waals surface area contributed by atoms with Crippen LogP contribution in [0.1, 0.15) is 15.9 Å². The number of nitrogens with zero attached hydrogens (tertiary/aromatic N) is 2. The van der Waals surface area contributed by atoms with Crippen molar-refractivity contribution in [1.29, 1.82) is 5.26 Å². The van der Waals surface area contributed by atoms with Crippen molar-refractivity contribution >= 4 is 23.3 Å². The number of benzene rings is 1. The van der Waals surface area contributed by atoms with Crippen molar-refractivity contribution in [2.45, 2.75) is 0 Å². The Balaban J connectivity index is 2.12. The van der Waals surface area contributed by atoms with E-state index in [1.807, 2.05) is 6.07 Å². The smallest absolute Gasteiger partial charge is 0.256 e. The van der Waals surface area contributed by atoms with Crippen LogP contribution in [-0.2, 0) is 0 Å². The fourth-order valence-corrected chi connectivity index (χ4v) is 1.45. The fraction of sp³-hybridized carbons (Fsp3) is 0. The van der Waals surface area contributed by atoms with E-state index >= 15 is 0 Å². The van der Waals surface area contributed by atoms with Crippen molar-refractivity contribution in [3.63, 3.8) is 0 Å². The lowest BCUT2D eigenvalue weighted by Crippen LogP contribution is -2.12. The number of anilines is 1. The quantitative estimate of drug-likeness (QED) is 0.900. The summed E-state index contributed by atoms with van der Waals surface area (Å²) >= 11 is 5.69. The molecule has 0 fully saturated rings. The van der Waals surface area contributed by atoms with Crippen LogP contribution >= 0.6 is 11.6 Å². The van der Waals surface area contributed by atoms with Gasteiger partial charge in [-0.2, -0.15) is 5.26 Å². The Morgan fingerprint density at radius 3 is 2.50 bits per heavy atom. The third kappa shape index (κ3) is 2.84. The molecule has 1 heterocycles. The first-order chi connectivity index (χ1) is 8.69. The second-order valence-corrected chi connectivity index (χ2v) is 3.94. The van der Waals surface area contributed by atoms with E-state index in [9.17, 15) is 4.79 Å². The van der Waals surface area contributed by atoms with Gasteiger partial charge >= 0.3 is 0 Å². The van der Waals surface area contributed by atoms with Crippen LogP contribution in [0.15, 0.2) is 42.6 Å². The lowest BCUT2D eigenvalue weighted by molar-refractivity contribution is 0.102. The average Bonchev–Trinajstić information content (AvgIpc) is 2.41. The van der Waals surface area contributed by atoms with E-state index in [0.29, 0.717) is 22.0 Å². The van der Waals surface area contributed by atoms with Gasteiger partial charge in [0.2, 0.25) is 0 Å². The van der Waals surface area contributed by atoms with Crippen LogP contribution in [0, 0.1) is 11.3 Å². The van der Waals surface area contributed by atoms with Gasteiger partial charge in [0.15, 0.2) is 0 Å². The topological polar surface area (TPSA) is 65.8 Å². The van der Waals surface area contributed by atoms with Gasteiger partial charge in [0, 0.05) is 11.8 Å². The second-order valence-electron chi connectivity index (χ2n) is 3.50. The van der Waals surface area contributed by atoms with E-state index in [0.717, 1.165) is 0 Å². The van der Waals surface area contributed by atoms with Gasteiger partial charge in [0.25, 0.3) is 5.91 Å². The minimum atomic E-state index is -0.283. The Morgan fingerprint density at radius 2 is 1.94 bits per heavy atom. The summed E-state index contributed by atoms with van der Waals surface area (Å²) in [4.78, 5) is 15.8. The third-order valence-corrected chi connectivity index (χ3v) is 2.47. The number of nitrogens with one attached hydrogen (secondary N) is 1. The number of aromatic nitrogens is 1. The van der Waals surface area contributed by atoms with Crippen molar-refractivity contribution in [3.05, 3.63) is 58.7 Å². The molecular formula is C13H8ClN3O. The molecule has 2 aromatic rings. The number of halogens is 1. The minimum absolute atomic E-state index is 0.283. The summed E-state index contributed by atoms with van der Waals surface area (Å²) in [5, 5.41) is 11.8. The zero-order chi connectivity index (χ0) is 13.0. The molecule has 0 aliphatic carbocycles. The Labute approximate surface area is 109 Å². The number of carbonyl (C=O) groups excluding carboxylic acids is 1. The Hall–Kier alpha value is -2.38. The number of pyridine rings is 1. The highest BCUT2D eigenvalue weighted by molar-refractivity contribution is 6.30. The molecule has 0 bridgehead atoms. The zero-order valence-electron chi connectivity index (χ0n) is 9.22. The van der Waals surface area contributed by atoms with Gasteiger partial charge in [-0.1, -0.05) is 11.6 Å². The van der Waals surface area contributed by atoms with Crippen LogP contribution in [0.4, 0.5) is 5.82 Å². The summed E-state index contributed by atoms with van der Waals surface area (Å²) in [7, 11) is 0. The van der Waals surface area contributed by atoms with Crippen molar-refractivity contribution in [2.75, 3.05) is 5.32 Å². The van der Waals surface area contributed by atoms with E-state index in [-0.39, 0.29) is 5.91 Å². The Bertz CT molecular complexity index is 600. The van der Waals surface area contributed by atoms with Gasteiger partial charge in [0.05, 0.1) is 16.7 Å². The van der Waals surface area contributed by atoms with E-state index in [2.05, 4.69) is 10.3 Å². The van der Waals surface area contributed by atoms with Crippen LogP contribution in [0.2, 0.25) is 5.02 Å². The Kier molecular flexibility index (Phi) is 3.56. The number of hydrogen-bond donors (Lipinski definition) is 1. The molecule has 0 aliphatic rings. The van der Waals surface area contributed by atoms with Crippen molar-refractivity contribution in [1.82, 2.24) is 4.98 Å². The molecular weight excluding hydrogens is 250 g/mol. The second kappa shape index (κ2) is 5.30. The SMILES string of the molecule is N#Cc1ccc(C(=O)Nc2ccc(Cl)cn2)cc1. The zero-order valence-corrected chi connectivity index (χ0v) is 9.98. The largest absolute Gasteiger partial charge is 0.307 e. The van der Waals surface area contributed by atoms with Gasteiger partial charge in [0.1, 0.15) is 5.82 Å². The van der Waals surface area contributed by atoms with Crippen LogP contribution < -0.4 is 5.32 Å². The molecule has 0 radical (unpaired) electrons. The molecule has 1 aromatic heterocycles. The molecule has 1 amide bonds. The molecule has 4 nitrogen and oxygen atoms in total. The van der Waals surface area contributed by atoms with Crippen LogP contribution in [-0.4, -0.2) is 10.9 Å². The molecule has 88 valence electrons. The lowest BCUT2D eigenvalue weighted by Gasteiger charge is -2.04. The monoisotopic (exact) mass is 257 g/mol. The molecule has 1 aromatic carbocycles. The van der Waals surface area contributed by atoms with Gasteiger partial charge in [-0.3, -0.25) is 4.79 Å². The molecule has 0 saturated carbocycles. The first-order valence-electron chi connectivity index (χ1n) is 5.12. The average molecular weight is 258 g/mol. The first kappa shape index (κ1) is 12.1. The molecule has 0 aliphatic heterocycles. The van der Waals surface area contributed by atoms with Crippen molar-refractivity contribution in [3.8, 4) is 6.07 Å². The Morgan fingerprint density at radius 1 is 1.22 bits per heavy atom. The highest BCUT2D eigenvalue weighted by Crippen LogP contribution is 2.11. The summed E-state index contributed by atoms with van der Waals surface area (Å²) < 4.78 is 0. The predicted octanol–water partition coefficient (Wildman–Crippen LogP) is 2.86. The molecule has 18 heavy (non-hydrogen) atoms. The maximum absolute atomic E-state index is 11.8. The summed E-state index contributed by atoms with van der Waals surface area (Å²) in [6, 6.07) is 11.6. The lowest BCUT2D eigenvalue weighted by atomic mass is 10.1. The maximum Gasteiger partial charge on any atom is 0.256 e. The van der Waals surface area contributed by atoms with E-state index in [1.165, 1.54) is 6.20 Å². The van der Waals surface area contributed by atoms with E-state index < -0.39 is 0 Å². The fourth-order valence-electron chi connectivity index (χ4n) is 1.33. The van der Waals surface area contributed by atoms with E-state index in [4.69, 9.17) is 16.9 Å².